The largest absolute Gasteiger partial charge is 0.456 e. The number of aromatic nitrogens is 3. The molecule has 0 radical (unpaired) electrons. The molecule has 0 spiro atoms. The van der Waals surface area contributed by atoms with Crippen LogP contribution < -0.4 is 0 Å². The fraction of sp³-hybridized carbons (Fsp3) is 0.0263. The van der Waals surface area contributed by atoms with Crippen LogP contribution >= 0.6 is 0 Å². The number of benzene rings is 6. The van der Waals surface area contributed by atoms with Gasteiger partial charge >= 0.3 is 0 Å². The third-order valence-corrected chi connectivity index (χ3v) is 8.52. The summed E-state index contributed by atoms with van der Waals surface area (Å²) >= 11 is 0. The van der Waals surface area contributed by atoms with E-state index in [2.05, 4.69) is 131 Å². The zero-order valence-electron chi connectivity index (χ0n) is 23.0. The Morgan fingerprint density at radius 3 is 2.17 bits per heavy atom. The molecule has 4 nitrogen and oxygen atoms in total. The Balaban J connectivity index is 1.23. The summed E-state index contributed by atoms with van der Waals surface area (Å²) in [5.74, 6) is 0.971. The van der Waals surface area contributed by atoms with Crippen molar-refractivity contribution in [3.05, 3.63) is 133 Å². The van der Waals surface area contributed by atoms with Crippen LogP contribution in [0.25, 0.3) is 83.0 Å². The molecule has 0 unspecified atom stereocenters. The SMILES string of the molecule is Cn1c(-c2ccccc2)nc2ccc(-c3cccc(-n4c5ccccc5c5cc6c(cc54)oc4ccccc46)c3)cc21. The lowest BCUT2D eigenvalue weighted by molar-refractivity contribution is 0.669. The Labute approximate surface area is 241 Å². The monoisotopic (exact) mass is 539 g/mol. The molecule has 0 saturated heterocycles. The van der Waals surface area contributed by atoms with E-state index in [0.717, 1.165) is 66.7 Å². The fourth-order valence-electron chi connectivity index (χ4n) is 6.51. The zero-order valence-corrected chi connectivity index (χ0v) is 23.0. The van der Waals surface area contributed by atoms with Crippen molar-refractivity contribution in [1.29, 1.82) is 0 Å². The Morgan fingerprint density at radius 1 is 0.500 bits per heavy atom. The number of para-hydroxylation sites is 2. The number of aryl methyl sites for hydroxylation is 1. The Morgan fingerprint density at radius 2 is 1.26 bits per heavy atom. The second-order valence-electron chi connectivity index (χ2n) is 10.9. The average Bonchev–Trinajstić information content (AvgIpc) is 3.69. The molecule has 0 amide bonds. The van der Waals surface area contributed by atoms with Gasteiger partial charge in [0.25, 0.3) is 0 Å². The van der Waals surface area contributed by atoms with Crippen molar-refractivity contribution in [2.75, 3.05) is 0 Å². The molecule has 6 aromatic carbocycles. The first kappa shape index (κ1) is 23.1. The molecule has 3 heterocycles. The number of hydrogen-bond donors (Lipinski definition) is 0. The summed E-state index contributed by atoms with van der Waals surface area (Å²) in [5, 5.41) is 4.75. The molecule has 3 aromatic heterocycles. The van der Waals surface area contributed by atoms with Crippen LogP contribution in [-0.2, 0) is 7.05 Å². The van der Waals surface area contributed by atoms with Crippen molar-refractivity contribution in [3.63, 3.8) is 0 Å². The maximum absolute atomic E-state index is 6.30. The molecule has 0 aliphatic rings. The van der Waals surface area contributed by atoms with Gasteiger partial charge in [-0.15, -0.1) is 0 Å². The minimum atomic E-state index is 0.903. The molecule has 0 N–H and O–H groups in total. The van der Waals surface area contributed by atoms with Gasteiger partial charge in [-0.25, -0.2) is 4.98 Å². The highest BCUT2D eigenvalue weighted by Crippen LogP contribution is 2.39. The third-order valence-electron chi connectivity index (χ3n) is 8.52. The maximum atomic E-state index is 6.30. The molecule has 42 heavy (non-hydrogen) atoms. The van der Waals surface area contributed by atoms with Gasteiger partial charge in [-0.2, -0.15) is 0 Å². The molecular weight excluding hydrogens is 514 g/mol. The standard InChI is InChI=1S/C38H25N3O/c1-40-35-21-26(18-19-32(35)39-38(40)24-10-3-2-4-11-24)25-12-9-13-27(20-25)41-33-16-7-5-14-28(33)30-22-31-29-15-6-8-17-36(29)42-37(31)23-34(30)41/h2-23H,1H3. The number of hydrogen-bond acceptors (Lipinski definition) is 2. The van der Waals surface area contributed by atoms with Crippen LogP contribution in [0.4, 0.5) is 0 Å². The van der Waals surface area contributed by atoms with Crippen molar-refractivity contribution < 1.29 is 4.42 Å². The van der Waals surface area contributed by atoms with Gasteiger partial charge in [0.2, 0.25) is 0 Å². The third kappa shape index (κ3) is 3.32. The first-order chi connectivity index (χ1) is 20.7. The van der Waals surface area contributed by atoms with Crippen LogP contribution in [0.3, 0.4) is 0 Å². The van der Waals surface area contributed by atoms with Gasteiger partial charge in [0.1, 0.15) is 17.0 Å². The van der Waals surface area contributed by atoms with E-state index in [0.29, 0.717) is 0 Å². The highest BCUT2D eigenvalue weighted by Gasteiger charge is 2.17. The van der Waals surface area contributed by atoms with Crippen molar-refractivity contribution in [2.45, 2.75) is 0 Å². The zero-order chi connectivity index (χ0) is 27.8. The predicted octanol–water partition coefficient (Wildman–Crippen LogP) is 9.90. The molecule has 0 saturated carbocycles. The predicted molar refractivity (Wildman–Crippen MR) is 173 cm³/mol. The lowest BCUT2D eigenvalue weighted by atomic mass is 10.0. The van der Waals surface area contributed by atoms with Crippen LogP contribution in [0, 0.1) is 0 Å². The summed E-state index contributed by atoms with van der Waals surface area (Å²) in [6.07, 6.45) is 0. The summed E-state index contributed by atoms with van der Waals surface area (Å²) in [6, 6.07) is 47.1. The summed E-state index contributed by atoms with van der Waals surface area (Å²) in [6.45, 7) is 0. The molecular formula is C38H25N3O. The number of furan rings is 1. The molecule has 0 bridgehead atoms. The Hall–Kier alpha value is -5.61. The second kappa shape index (κ2) is 8.69. The molecule has 0 atom stereocenters. The molecule has 0 fully saturated rings. The van der Waals surface area contributed by atoms with Crippen LogP contribution in [-0.4, -0.2) is 14.1 Å². The molecule has 0 aliphatic carbocycles. The van der Waals surface area contributed by atoms with Gasteiger partial charge in [-0.05, 0) is 53.6 Å². The van der Waals surface area contributed by atoms with Crippen molar-refractivity contribution in [3.8, 4) is 28.2 Å². The Kier molecular flexibility index (Phi) is 4.79. The summed E-state index contributed by atoms with van der Waals surface area (Å²) in [4.78, 5) is 4.93. The van der Waals surface area contributed by atoms with E-state index in [1.807, 2.05) is 18.2 Å². The topological polar surface area (TPSA) is 35.9 Å². The van der Waals surface area contributed by atoms with E-state index in [4.69, 9.17) is 9.40 Å². The molecule has 198 valence electrons. The summed E-state index contributed by atoms with van der Waals surface area (Å²) < 4.78 is 10.8. The van der Waals surface area contributed by atoms with E-state index in [1.54, 1.807) is 0 Å². The summed E-state index contributed by atoms with van der Waals surface area (Å²) in [7, 11) is 2.09. The summed E-state index contributed by atoms with van der Waals surface area (Å²) in [5.41, 5.74) is 10.8. The van der Waals surface area contributed by atoms with Gasteiger partial charge in [-0.3, -0.25) is 0 Å². The average molecular weight is 540 g/mol. The quantitative estimate of drug-likeness (QED) is 0.224. The number of rotatable bonds is 3. The smallest absolute Gasteiger partial charge is 0.140 e. The highest BCUT2D eigenvalue weighted by atomic mass is 16.3. The Bertz CT molecular complexity index is 2480. The van der Waals surface area contributed by atoms with Gasteiger partial charge in [0.15, 0.2) is 0 Å². The number of fused-ring (bicyclic) bond motifs is 7. The van der Waals surface area contributed by atoms with Gasteiger partial charge in [-0.1, -0.05) is 84.9 Å². The van der Waals surface area contributed by atoms with Gasteiger partial charge in [0.05, 0.1) is 22.1 Å². The molecule has 9 aromatic rings. The van der Waals surface area contributed by atoms with Crippen molar-refractivity contribution in [1.82, 2.24) is 14.1 Å². The lowest BCUT2D eigenvalue weighted by Gasteiger charge is -2.11. The minimum Gasteiger partial charge on any atom is -0.456 e. The minimum absolute atomic E-state index is 0.903. The van der Waals surface area contributed by atoms with E-state index in [-0.39, 0.29) is 0 Å². The maximum Gasteiger partial charge on any atom is 0.140 e. The first-order valence-corrected chi connectivity index (χ1v) is 14.2. The van der Waals surface area contributed by atoms with E-state index in [9.17, 15) is 0 Å². The molecule has 0 aliphatic heterocycles. The lowest BCUT2D eigenvalue weighted by Crippen LogP contribution is -1.94. The van der Waals surface area contributed by atoms with E-state index in [1.165, 1.54) is 16.3 Å². The highest BCUT2D eigenvalue weighted by molar-refractivity contribution is 6.17. The van der Waals surface area contributed by atoms with Crippen LogP contribution in [0.15, 0.2) is 138 Å². The molecule has 4 heteroatoms. The van der Waals surface area contributed by atoms with Crippen LogP contribution in [0.5, 0.6) is 0 Å². The molecule has 9 rings (SSSR count). The normalized spacial score (nSPS) is 11.9. The van der Waals surface area contributed by atoms with E-state index < -0.39 is 0 Å². The van der Waals surface area contributed by atoms with Crippen molar-refractivity contribution >= 4 is 54.8 Å². The first-order valence-electron chi connectivity index (χ1n) is 14.2. The number of nitrogens with zero attached hydrogens (tertiary/aromatic N) is 3. The van der Waals surface area contributed by atoms with Gasteiger partial charge < -0.3 is 13.6 Å². The second-order valence-corrected chi connectivity index (χ2v) is 10.9. The van der Waals surface area contributed by atoms with Crippen LogP contribution in [0.2, 0.25) is 0 Å². The van der Waals surface area contributed by atoms with E-state index >= 15 is 0 Å². The van der Waals surface area contributed by atoms with Gasteiger partial charge in [0, 0.05) is 45.9 Å². The fourth-order valence-corrected chi connectivity index (χ4v) is 6.51. The number of imidazole rings is 1. The van der Waals surface area contributed by atoms with Crippen LogP contribution in [0.1, 0.15) is 0 Å². The van der Waals surface area contributed by atoms with Crippen molar-refractivity contribution in [2.24, 2.45) is 7.05 Å².